The van der Waals surface area contributed by atoms with Gasteiger partial charge in [-0.15, -0.1) is 0 Å². The molecule has 0 saturated carbocycles. The Balaban J connectivity index is 2.33. The van der Waals surface area contributed by atoms with Crippen molar-refractivity contribution >= 4 is 11.6 Å². The van der Waals surface area contributed by atoms with E-state index in [4.69, 9.17) is 16.3 Å². The van der Waals surface area contributed by atoms with Crippen LogP contribution in [0.15, 0.2) is 30.6 Å². The number of likely N-dealkylation sites (N-methyl/N-ethyl adjacent to an activating group) is 1. The summed E-state index contributed by atoms with van der Waals surface area (Å²) in [6, 6.07) is 4.78. The summed E-state index contributed by atoms with van der Waals surface area (Å²) in [6.45, 7) is 2.69. The molecule has 0 bridgehead atoms. The number of methoxy groups -OCH3 is 1. The first-order chi connectivity index (χ1) is 10.2. The molecule has 6 heteroatoms. The lowest BCUT2D eigenvalue weighted by atomic mass is 10.0. The molecule has 0 amide bonds. The summed E-state index contributed by atoms with van der Waals surface area (Å²) in [5, 5.41) is 3.40. The molecule has 0 fully saturated rings. The van der Waals surface area contributed by atoms with Gasteiger partial charge in [-0.05, 0) is 24.6 Å². The lowest BCUT2D eigenvalue weighted by Gasteiger charge is -2.19. The van der Waals surface area contributed by atoms with Crippen LogP contribution in [0, 0.1) is 5.82 Å². The first kappa shape index (κ1) is 15.7. The van der Waals surface area contributed by atoms with E-state index in [1.165, 1.54) is 13.2 Å². The average Bonchev–Trinajstić information content (AvgIpc) is 2.51. The molecule has 0 aliphatic heterocycles. The molecule has 0 aliphatic carbocycles. The molecule has 1 atom stereocenters. The Hall–Kier alpha value is -1.72. The number of hydrogen-bond acceptors (Lipinski definition) is 4. The molecule has 2 aromatic rings. The van der Waals surface area contributed by atoms with E-state index in [1.54, 1.807) is 24.5 Å². The maximum atomic E-state index is 14.1. The first-order valence-electron chi connectivity index (χ1n) is 6.68. The second-order valence-corrected chi connectivity index (χ2v) is 4.89. The molecule has 1 unspecified atom stereocenters. The van der Waals surface area contributed by atoms with Crippen molar-refractivity contribution in [3.8, 4) is 5.88 Å². The van der Waals surface area contributed by atoms with Crippen LogP contribution in [0.5, 0.6) is 5.88 Å². The minimum atomic E-state index is -0.398. The van der Waals surface area contributed by atoms with Crippen molar-refractivity contribution in [1.82, 2.24) is 15.3 Å². The van der Waals surface area contributed by atoms with Gasteiger partial charge in [-0.1, -0.05) is 30.7 Å². The Bertz CT molecular complexity index is 609. The molecule has 2 rings (SSSR count). The third-order valence-corrected chi connectivity index (χ3v) is 3.41. The van der Waals surface area contributed by atoms with Gasteiger partial charge in [-0.3, -0.25) is 4.98 Å². The molecular weight excluding hydrogens is 293 g/mol. The van der Waals surface area contributed by atoms with Gasteiger partial charge in [-0.2, -0.15) is 0 Å². The summed E-state index contributed by atoms with van der Waals surface area (Å²) in [5.74, 6) is 0.0378. The van der Waals surface area contributed by atoms with Crippen molar-refractivity contribution in [2.45, 2.75) is 19.4 Å². The fraction of sp³-hybridized carbons (Fsp3) is 0.333. The van der Waals surface area contributed by atoms with Gasteiger partial charge in [0.2, 0.25) is 5.88 Å². The van der Waals surface area contributed by atoms with Gasteiger partial charge >= 0.3 is 0 Å². The zero-order chi connectivity index (χ0) is 15.2. The standard InChI is InChI=1S/C15H17ClFN3O/c1-3-18-12(14-15(21-2)20-8-7-19-14)9-10-5-4-6-11(16)13(10)17/h4-8,12,18H,3,9H2,1-2H3. The lowest BCUT2D eigenvalue weighted by Crippen LogP contribution is -2.25. The highest BCUT2D eigenvalue weighted by atomic mass is 35.5. The van der Waals surface area contributed by atoms with Gasteiger partial charge in [0.1, 0.15) is 11.5 Å². The summed E-state index contributed by atoms with van der Waals surface area (Å²) in [6.07, 6.45) is 3.57. The van der Waals surface area contributed by atoms with Crippen LogP contribution in [-0.2, 0) is 6.42 Å². The van der Waals surface area contributed by atoms with E-state index >= 15 is 0 Å². The van der Waals surface area contributed by atoms with Crippen LogP contribution in [0.1, 0.15) is 24.2 Å². The van der Waals surface area contributed by atoms with Gasteiger partial charge in [0, 0.05) is 12.4 Å². The normalized spacial score (nSPS) is 12.2. The first-order valence-corrected chi connectivity index (χ1v) is 7.06. The SMILES string of the molecule is CCNC(Cc1cccc(Cl)c1F)c1nccnc1OC. The van der Waals surface area contributed by atoms with Crippen molar-refractivity contribution < 1.29 is 9.13 Å². The molecule has 1 heterocycles. The van der Waals surface area contributed by atoms with Crippen LogP contribution in [0.25, 0.3) is 0 Å². The highest BCUT2D eigenvalue weighted by molar-refractivity contribution is 6.30. The van der Waals surface area contributed by atoms with Crippen LogP contribution >= 0.6 is 11.6 Å². The average molecular weight is 310 g/mol. The third kappa shape index (κ3) is 3.68. The number of halogens is 2. The molecular formula is C15H17ClFN3O. The van der Waals surface area contributed by atoms with Crippen molar-refractivity contribution in [1.29, 1.82) is 0 Å². The van der Waals surface area contributed by atoms with Crippen molar-refractivity contribution in [2.24, 2.45) is 0 Å². The quantitative estimate of drug-likeness (QED) is 0.890. The van der Waals surface area contributed by atoms with Gasteiger partial charge in [0.05, 0.1) is 18.2 Å². The summed E-state index contributed by atoms with van der Waals surface area (Å²) < 4.78 is 19.3. The number of benzene rings is 1. The third-order valence-electron chi connectivity index (χ3n) is 3.12. The number of rotatable bonds is 6. The number of hydrogen-bond donors (Lipinski definition) is 1. The molecule has 112 valence electrons. The van der Waals surface area contributed by atoms with E-state index < -0.39 is 5.82 Å². The highest BCUT2D eigenvalue weighted by Gasteiger charge is 2.20. The van der Waals surface area contributed by atoms with Gasteiger partial charge in [0.15, 0.2) is 0 Å². The maximum Gasteiger partial charge on any atom is 0.237 e. The smallest absolute Gasteiger partial charge is 0.237 e. The zero-order valence-electron chi connectivity index (χ0n) is 11.9. The number of nitrogens with zero attached hydrogens (tertiary/aromatic N) is 2. The predicted molar refractivity (Wildman–Crippen MR) is 80.1 cm³/mol. The lowest BCUT2D eigenvalue weighted by molar-refractivity contribution is 0.376. The van der Waals surface area contributed by atoms with Gasteiger partial charge < -0.3 is 10.1 Å². The second kappa shape index (κ2) is 7.33. The minimum absolute atomic E-state index is 0.119. The van der Waals surface area contributed by atoms with E-state index in [9.17, 15) is 4.39 Å². The topological polar surface area (TPSA) is 47.0 Å². The largest absolute Gasteiger partial charge is 0.480 e. The molecule has 0 spiro atoms. The maximum absolute atomic E-state index is 14.1. The van der Waals surface area contributed by atoms with E-state index in [2.05, 4.69) is 15.3 Å². The fourth-order valence-electron chi connectivity index (χ4n) is 2.17. The predicted octanol–water partition coefficient (Wildman–Crippen LogP) is 3.17. The van der Waals surface area contributed by atoms with Crippen LogP contribution in [-0.4, -0.2) is 23.6 Å². The molecule has 0 radical (unpaired) electrons. The van der Waals surface area contributed by atoms with E-state index in [-0.39, 0.29) is 11.1 Å². The number of nitrogens with one attached hydrogen (secondary N) is 1. The monoisotopic (exact) mass is 309 g/mol. The Kier molecular flexibility index (Phi) is 5.47. The van der Waals surface area contributed by atoms with Crippen molar-refractivity contribution in [3.63, 3.8) is 0 Å². The van der Waals surface area contributed by atoms with E-state index in [1.807, 2.05) is 6.92 Å². The van der Waals surface area contributed by atoms with Crippen LogP contribution in [0.4, 0.5) is 4.39 Å². The molecule has 21 heavy (non-hydrogen) atoms. The van der Waals surface area contributed by atoms with Crippen LogP contribution in [0.2, 0.25) is 5.02 Å². The molecule has 1 aromatic carbocycles. The molecule has 0 saturated heterocycles. The Morgan fingerprint density at radius 3 is 2.81 bits per heavy atom. The van der Waals surface area contributed by atoms with Crippen molar-refractivity contribution in [3.05, 3.63) is 52.7 Å². The molecule has 1 aromatic heterocycles. The van der Waals surface area contributed by atoms with Gasteiger partial charge in [-0.25, -0.2) is 9.37 Å². The Morgan fingerprint density at radius 2 is 2.10 bits per heavy atom. The van der Waals surface area contributed by atoms with Crippen LogP contribution in [0.3, 0.4) is 0 Å². The van der Waals surface area contributed by atoms with E-state index in [0.717, 1.165) is 0 Å². The fourth-order valence-corrected chi connectivity index (χ4v) is 2.36. The Morgan fingerprint density at radius 1 is 1.33 bits per heavy atom. The van der Waals surface area contributed by atoms with Crippen LogP contribution < -0.4 is 10.1 Å². The molecule has 4 nitrogen and oxygen atoms in total. The molecule has 1 N–H and O–H groups in total. The van der Waals surface area contributed by atoms with Gasteiger partial charge in [0.25, 0.3) is 0 Å². The number of ether oxygens (including phenoxy) is 1. The summed E-state index contributed by atoms with van der Waals surface area (Å²) >= 11 is 5.83. The summed E-state index contributed by atoms with van der Waals surface area (Å²) in [4.78, 5) is 8.45. The highest BCUT2D eigenvalue weighted by Crippen LogP contribution is 2.26. The minimum Gasteiger partial charge on any atom is -0.480 e. The molecule has 0 aliphatic rings. The van der Waals surface area contributed by atoms with E-state index in [0.29, 0.717) is 30.1 Å². The number of aromatic nitrogens is 2. The zero-order valence-corrected chi connectivity index (χ0v) is 12.7. The summed E-state index contributed by atoms with van der Waals surface area (Å²) in [7, 11) is 1.54. The Labute approximate surface area is 128 Å². The van der Waals surface area contributed by atoms with Crippen molar-refractivity contribution in [2.75, 3.05) is 13.7 Å². The summed E-state index contributed by atoms with van der Waals surface area (Å²) in [5.41, 5.74) is 1.18. The second-order valence-electron chi connectivity index (χ2n) is 4.48.